The van der Waals surface area contributed by atoms with Crippen LogP contribution in [0.4, 0.5) is 4.79 Å². The van der Waals surface area contributed by atoms with Gasteiger partial charge in [0.15, 0.2) is 0 Å². The van der Waals surface area contributed by atoms with Gasteiger partial charge in [0.2, 0.25) is 0 Å². The summed E-state index contributed by atoms with van der Waals surface area (Å²) >= 11 is 0. The fourth-order valence-electron chi connectivity index (χ4n) is 0.793. The Morgan fingerprint density at radius 3 is 2.85 bits per heavy atom. The van der Waals surface area contributed by atoms with Crippen molar-refractivity contribution in [3.8, 4) is 5.88 Å². The van der Waals surface area contributed by atoms with E-state index < -0.39 is 5.88 Å². The quantitative estimate of drug-likeness (QED) is 0.747. The molecule has 0 aromatic carbocycles. The number of carbonyl (C=O) groups excluding carboxylic acids is 1. The molecule has 5 nitrogen and oxygen atoms in total. The molecule has 1 radical (unpaired) electrons. The zero-order chi connectivity index (χ0) is 9.84. The zero-order valence-corrected chi connectivity index (χ0v) is 7.65. The lowest BCUT2D eigenvalue weighted by molar-refractivity contribution is 0.236. The average Bonchev–Trinajstić information content (AvgIpc) is 2.47. The summed E-state index contributed by atoms with van der Waals surface area (Å²) in [5.74, 6) is -0.0223. The van der Waals surface area contributed by atoms with Gasteiger partial charge in [0.05, 0.1) is 0 Å². The van der Waals surface area contributed by atoms with Crippen LogP contribution in [0.5, 0.6) is 5.88 Å². The monoisotopic (exact) mass is 182 g/mol. The van der Waals surface area contributed by atoms with Gasteiger partial charge in [0.25, 0.3) is 5.88 Å². The van der Waals surface area contributed by atoms with Crippen LogP contribution in [0.15, 0.2) is 12.3 Å². The highest BCUT2D eigenvalue weighted by Gasteiger charge is 2.06. The summed E-state index contributed by atoms with van der Waals surface area (Å²) in [6.07, 6.45) is 1.35. The van der Waals surface area contributed by atoms with E-state index in [0.717, 1.165) is 4.68 Å². The standard InChI is InChI=1S/C8H12N3O2/c1-6(2)5-9-8(13)11-4-3-7(12)10-11/h3-4,6H,5H2,1-2H3,(H,9,13). The highest BCUT2D eigenvalue weighted by atomic mass is 16.3. The maximum absolute atomic E-state index is 11.2. The summed E-state index contributed by atoms with van der Waals surface area (Å²) in [7, 11) is 0. The van der Waals surface area contributed by atoms with E-state index in [1.807, 2.05) is 13.8 Å². The minimum absolute atomic E-state index is 0.365. The second-order valence-electron chi connectivity index (χ2n) is 3.18. The van der Waals surface area contributed by atoms with Crippen molar-refractivity contribution >= 4 is 6.03 Å². The predicted molar refractivity (Wildman–Crippen MR) is 46.0 cm³/mol. The Labute approximate surface area is 76.4 Å². The largest absolute Gasteiger partial charge is 0.342 e. The van der Waals surface area contributed by atoms with Crippen molar-refractivity contribution in [2.24, 2.45) is 5.92 Å². The predicted octanol–water partition coefficient (Wildman–Crippen LogP) is 1.24. The van der Waals surface area contributed by atoms with Gasteiger partial charge >= 0.3 is 6.03 Å². The van der Waals surface area contributed by atoms with Crippen molar-refractivity contribution in [2.45, 2.75) is 13.8 Å². The first-order chi connectivity index (χ1) is 6.09. The third kappa shape index (κ3) is 2.77. The number of carbonyl (C=O) groups is 1. The number of rotatable bonds is 2. The number of nitrogens with one attached hydrogen (secondary N) is 1. The molecule has 0 spiro atoms. The number of aromatic nitrogens is 2. The van der Waals surface area contributed by atoms with E-state index in [0.29, 0.717) is 12.5 Å². The average molecular weight is 182 g/mol. The Kier molecular flexibility index (Phi) is 2.89. The van der Waals surface area contributed by atoms with Crippen LogP contribution in [0.1, 0.15) is 13.8 Å². The summed E-state index contributed by atoms with van der Waals surface area (Å²) < 4.78 is 1.00. The van der Waals surface area contributed by atoms with Gasteiger partial charge < -0.3 is 5.32 Å². The first-order valence-electron chi connectivity index (χ1n) is 4.10. The van der Waals surface area contributed by atoms with Crippen LogP contribution in [0, 0.1) is 5.92 Å². The van der Waals surface area contributed by atoms with Gasteiger partial charge in [0.1, 0.15) is 0 Å². The molecule has 1 heterocycles. The third-order valence-corrected chi connectivity index (χ3v) is 1.43. The molecule has 0 bridgehead atoms. The molecule has 0 unspecified atom stereocenters. The van der Waals surface area contributed by atoms with Crippen LogP contribution >= 0.6 is 0 Å². The molecule has 0 aliphatic carbocycles. The van der Waals surface area contributed by atoms with Crippen LogP contribution in [-0.2, 0) is 5.11 Å². The fourth-order valence-corrected chi connectivity index (χ4v) is 0.793. The van der Waals surface area contributed by atoms with E-state index in [9.17, 15) is 9.90 Å². The molecule has 13 heavy (non-hydrogen) atoms. The smallest absolute Gasteiger partial charge is 0.336 e. The van der Waals surface area contributed by atoms with Crippen molar-refractivity contribution < 1.29 is 9.90 Å². The van der Waals surface area contributed by atoms with E-state index >= 15 is 0 Å². The molecule has 71 valence electrons. The molecular weight excluding hydrogens is 170 g/mol. The fraction of sp³-hybridized carbons (Fsp3) is 0.500. The van der Waals surface area contributed by atoms with Crippen molar-refractivity contribution in [2.75, 3.05) is 6.54 Å². The first-order valence-corrected chi connectivity index (χ1v) is 4.10. The summed E-state index contributed by atoms with van der Waals surface area (Å²) in [5, 5.41) is 16.7. The van der Waals surface area contributed by atoms with E-state index in [4.69, 9.17) is 0 Å². The van der Waals surface area contributed by atoms with Crippen molar-refractivity contribution in [1.29, 1.82) is 0 Å². The highest BCUT2D eigenvalue weighted by molar-refractivity contribution is 5.75. The minimum atomic E-state index is -0.403. The molecule has 1 aromatic rings. The van der Waals surface area contributed by atoms with Gasteiger partial charge in [-0.25, -0.2) is 4.79 Å². The van der Waals surface area contributed by atoms with Crippen LogP contribution in [0.2, 0.25) is 0 Å². The molecule has 0 aliphatic rings. The van der Waals surface area contributed by atoms with Crippen LogP contribution < -0.4 is 5.32 Å². The number of nitrogens with zero attached hydrogens (tertiary/aromatic N) is 2. The molecule has 0 saturated heterocycles. The van der Waals surface area contributed by atoms with E-state index in [-0.39, 0.29) is 6.03 Å². The maximum atomic E-state index is 11.2. The molecule has 1 aromatic heterocycles. The molecule has 0 fully saturated rings. The van der Waals surface area contributed by atoms with Gasteiger partial charge in [0, 0.05) is 18.8 Å². The van der Waals surface area contributed by atoms with Gasteiger partial charge in [-0.15, -0.1) is 5.10 Å². The molecule has 0 atom stereocenters. The van der Waals surface area contributed by atoms with Gasteiger partial charge in [-0.2, -0.15) is 4.68 Å². The van der Waals surface area contributed by atoms with E-state index in [2.05, 4.69) is 10.4 Å². The van der Waals surface area contributed by atoms with Crippen molar-refractivity contribution in [1.82, 2.24) is 15.1 Å². The highest BCUT2D eigenvalue weighted by Crippen LogP contribution is 2.01. The summed E-state index contributed by atoms with van der Waals surface area (Å²) in [6.45, 7) is 4.55. The van der Waals surface area contributed by atoms with E-state index in [1.165, 1.54) is 12.3 Å². The molecule has 0 saturated carbocycles. The number of amides is 1. The summed E-state index contributed by atoms with van der Waals surface area (Å²) in [5.41, 5.74) is 0. The van der Waals surface area contributed by atoms with Gasteiger partial charge in [-0.1, -0.05) is 13.8 Å². The topological polar surface area (TPSA) is 66.8 Å². The lowest BCUT2D eigenvalue weighted by Crippen LogP contribution is -2.31. The Morgan fingerprint density at radius 1 is 1.69 bits per heavy atom. The van der Waals surface area contributed by atoms with Crippen LogP contribution in [-0.4, -0.2) is 22.4 Å². The van der Waals surface area contributed by atoms with E-state index in [1.54, 1.807) is 0 Å². The Bertz CT molecular complexity index is 293. The van der Waals surface area contributed by atoms with Crippen molar-refractivity contribution in [3.05, 3.63) is 12.3 Å². The number of hydrogen-bond acceptors (Lipinski definition) is 2. The summed E-state index contributed by atoms with van der Waals surface area (Å²) in [6, 6.07) is 0.880. The molecule has 1 N–H and O–H groups in total. The Balaban J connectivity index is 2.49. The van der Waals surface area contributed by atoms with Crippen LogP contribution in [0.3, 0.4) is 0 Å². The van der Waals surface area contributed by atoms with Gasteiger partial charge in [-0.3, -0.25) is 5.11 Å². The third-order valence-electron chi connectivity index (χ3n) is 1.43. The lowest BCUT2D eigenvalue weighted by atomic mass is 10.2. The Hall–Kier alpha value is -1.52. The summed E-state index contributed by atoms with van der Waals surface area (Å²) in [4.78, 5) is 11.2. The Morgan fingerprint density at radius 2 is 2.38 bits per heavy atom. The second-order valence-corrected chi connectivity index (χ2v) is 3.18. The minimum Gasteiger partial charge on any atom is -0.336 e. The van der Waals surface area contributed by atoms with Crippen molar-refractivity contribution in [3.63, 3.8) is 0 Å². The number of hydrogen-bond donors (Lipinski definition) is 1. The zero-order valence-electron chi connectivity index (χ0n) is 7.65. The van der Waals surface area contributed by atoms with Crippen LogP contribution in [0.25, 0.3) is 0 Å². The lowest BCUT2D eigenvalue weighted by Gasteiger charge is -2.06. The van der Waals surface area contributed by atoms with Gasteiger partial charge in [-0.05, 0) is 5.92 Å². The molecular formula is C8H12N3O2. The first kappa shape index (κ1) is 9.57. The normalized spacial score (nSPS) is 10.4. The molecule has 1 amide bonds. The molecule has 0 aliphatic heterocycles. The molecule has 1 rings (SSSR count). The molecule has 5 heteroatoms. The second kappa shape index (κ2) is 3.93. The maximum Gasteiger partial charge on any atom is 0.342 e. The SMILES string of the molecule is CC(C)CNC(=O)n1ccc([O])n1.